The Morgan fingerprint density at radius 3 is 2.55 bits per heavy atom. The molecule has 0 bridgehead atoms. The van der Waals surface area contributed by atoms with Gasteiger partial charge in [0.15, 0.2) is 0 Å². The van der Waals surface area contributed by atoms with Gasteiger partial charge in [0.1, 0.15) is 10.8 Å². The SMILES string of the molecule is CCc1cc(Br)ccc1Nc1ccc(C(N)=S)cc1F. The molecule has 0 fully saturated rings. The first kappa shape index (κ1) is 14.9. The van der Waals surface area contributed by atoms with Crippen molar-refractivity contribution in [3.05, 3.63) is 57.8 Å². The van der Waals surface area contributed by atoms with Crippen molar-refractivity contribution >= 4 is 44.5 Å². The highest BCUT2D eigenvalue weighted by atomic mass is 79.9. The number of hydrogen-bond acceptors (Lipinski definition) is 2. The lowest BCUT2D eigenvalue weighted by molar-refractivity contribution is 0.631. The minimum atomic E-state index is -0.375. The fourth-order valence-electron chi connectivity index (χ4n) is 1.89. The highest BCUT2D eigenvalue weighted by Crippen LogP contribution is 2.26. The van der Waals surface area contributed by atoms with Gasteiger partial charge in [0.2, 0.25) is 0 Å². The summed E-state index contributed by atoms with van der Waals surface area (Å²) < 4.78 is 15.0. The number of anilines is 2. The maximum absolute atomic E-state index is 14.0. The molecule has 5 heteroatoms. The molecule has 0 aromatic heterocycles. The van der Waals surface area contributed by atoms with Crippen LogP contribution in [-0.2, 0) is 6.42 Å². The molecule has 0 saturated heterocycles. The van der Waals surface area contributed by atoms with Gasteiger partial charge in [-0.3, -0.25) is 0 Å². The number of rotatable bonds is 4. The molecule has 3 N–H and O–H groups in total. The predicted molar refractivity (Wildman–Crippen MR) is 89.1 cm³/mol. The van der Waals surface area contributed by atoms with E-state index in [1.54, 1.807) is 12.1 Å². The molecule has 0 unspecified atom stereocenters. The first-order valence-electron chi connectivity index (χ1n) is 6.16. The van der Waals surface area contributed by atoms with Gasteiger partial charge in [-0.1, -0.05) is 35.1 Å². The molecule has 0 heterocycles. The normalized spacial score (nSPS) is 10.3. The van der Waals surface area contributed by atoms with Crippen molar-refractivity contribution in [2.45, 2.75) is 13.3 Å². The lowest BCUT2D eigenvalue weighted by Gasteiger charge is -2.13. The van der Waals surface area contributed by atoms with Gasteiger partial charge < -0.3 is 11.1 Å². The van der Waals surface area contributed by atoms with Crippen molar-refractivity contribution in [2.75, 3.05) is 5.32 Å². The van der Waals surface area contributed by atoms with Gasteiger partial charge in [-0.25, -0.2) is 4.39 Å². The van der Waals surface area contributed by atoms with E-state index in [-0.39, 0.29) is 10.8 Å². The summed E-state index contributed by atoms with van der Waals surface area (Å²) in [6.07, 6.45) is 0.856. The van der Waals surface area contributed by atoms with E-state index in [2.05, 4.69) is 28.2 Å². The molecule has 0 aliphatic heterocycles. The van der Waals surface area contributed by atoms with Crippen LogP contribution in [0.15, 0.2) is 40.9 Å². The van der Waals surface area contributed by atoms with Crippen LogP contribution in [0.25, 0.3) is 0 Å². The van der Waals surface area contributed by atoms with E-state index >= 15 is 0 Å². The summed E-state index contributed by atoms with van der Waals surface area (Å²) in [6, 6.07) is 10.6. The van der Waals surface area contributed by atoms with Gasteiger partial charge >= 0.3 is 0 Å². The van der Waals surface area contributed by atoms with E-state index in [4.69, 9.17) is 18.0 Å². The van der Waals surface area contributed by atoms with Gasteiger partial charge in [-0.2, -0.15) is 0 Å². The summed E-state index contributed by atoms with van der Waals surface area (Å²) in [5.74, 6) is -0.375. The van der Waals surface area contributed by atoms with E-state index in [1.807, 2.05) is 18.2 Å². The Balaban J connectivity index is 2.33. The van der Waals surface area contributed by atoms with Gasteiger partial charge in [0.05, 0.1) is 5.69 Å². The van der Waals surface area contributed by atoms with Crippen LogP contribution in [0.1, 0.15) is 18.1 Å². The standard InChI is InChI=1S/C15H14BrFN2S/c1-2-9-7-11(16)4-6-13(9)19-14-5-3-10(15(18)20)8-12(14)17/h3-8,19H,2H2,1H3,(H2,18,20). The Hall–Kier alpha value is -1.46. The number of thiocarbonyl (C=S) groups is 1. The molecule has 0 aliphatic carbocycles. The molecule has 0 aliphatic rings. The number of hydrogen-bond donors (Lipinski definition) is 2. The Morgan fingerprint density at radius 2 is 1.95 bits per heavy atom. The molecular formula is C15H14BrFN2S. The van der Waals surface area contributed by atoms with Gasteiger partial charge in [-0.15, -0.1) is 0 Å². The molecule has 0 spiro atoms. The average Bonchev–Trinajstić information content (AvgIpc) is 2.42. The van der Waals surface area contributed by atoms with Crippen LogP contribution >= 0.6 is 28.1 Å². The van der Waals surface area contributed by atoms with Crippen molar-refractivity contribution in [3.8, 4) is 0 Å². The van der Waals surface area contributed by atoms with Crippen LogP contribution in [0.3, 0.4) is 0 Å². The van der Waals surface area contributed by atoms with E-state index in [0.717, 1.165) is 22.1 Å². The zero-order valence-corrected chi connectivity index (χ0v) is 13.3. The van der Waals surface area contributed by atoms with Crippen LogP contribution in [0, 0.1) is 5.82 Å². The van der Waals surface area contributed by atoms with E-state index in [9.17, 15) is 4.39 Å². The summed E-state index contributed by atoms with van der Waals surface area (Å²) >= 11 is 8.27. The quantitative estimate of drug-likeness (QED) is 0.794. The molecule has 104 valence electrons. The van der Waals surface area contributed by atoms with Crippen LogP contribution in [0.4, 0.5) is 15.8 Å². The third kappa shape index (κ3) is 3.35. The number of nitrogens with one attached hydrogen (secondary N) is 1. The topological polar surface area (TPSA) is 38.0 Å². The minimum Gasteiger partial charge on any atom is -0.389 e. The van der Waals surface area contributed by atoms with Crippen molar-refractivity contribution < 1.29 is 4.39 Å². The summed E-state index contributed by atoms with van der Waals surface area (Å²) in [5, 5.41) is 3.11. The van der Waals surface area contributed by atoms with Crippen LogP contribution in [0.2, 0.25) is 0 Å². The average molecular weight is 353 g/mol. The first-order valence-corrected chi connectivity index (χ1v) is 7.36. The first-order chi connectivity index (χ1) is 9.51. The fraction of sp³-hybridized carbons (Fsp3) is 0.133. The maximum Gasteiger partial charge on any atom is 0.147 e. The second kappa shape index (κ2) is 6.33. The monoisotopic (exact) mass is 352 g/mol. The van der Waals surface area contributed by atoms with Crippen LogP contribution < -0.4 is 11.1 Å². The summed E-state index contributed by atoms with van der Waals surface area (Å²) in [5.41, 5.74) is 8.41. The molecule has 0 radical (unpaired) electrons. The largest absolute Gasteiger partial charge is 0.389 e. The molecule has 0 saturated carbocycles. The lowest BCUT2D eigenvalue weighted by atomic mass is 10.1. The molecule has 0 atom stereocenters. The zero-order chi connectivity index (χ0) is 14.7. The van der Waals surface area contributed by atoms with Crippen molar-refractivity contribution in [3.63, 3.8) is 0 Å². The number of halogens is 2. The molecule has 20 heavy (non-hydrogen) atoms. The third-order valence-electron chi connectivity index (χ3n) is 2.97. The number of aryl methyl sites for hydroxylation is 1. The maximum atomic E-state index is 14.0. The number of benzene rings is 2. The Bertz CT molecular complexity index is 658. The van der Waals surface area contributed by atoms with Gasteiger partial charge in [0.25, 0.3) is 0 Å². The smallest absolute Gasteiger partial charge is 0.147 e. The molecule has 2 nitrogen and oxygen atoms in total. The summed E-state index contributed by atoms with van der Waals surface area (Å²) in [7, 11) is 0. The second-order valence-electron chi connectivity index (χ2n) is 4.34. The Labute approximate surface area is 131 Å². The highest BCUT2D eigenvalue weighted by Gasteiger charge is 2.08. The molecule has 0 amide bonds. The summed E-state index contributed by atoms with van der Waals surface area (Å²) in [6.45, 7) is 2.05. The third-order valence-corrected chi connectivity index (χ3v) is 3.70. The second-order valence-corrected chi connectivity index (χ2v) is 5.69. The van der Waals surface area contributed by atoms with Crippen molar-refractivity contribution in [2.24, 2.45) is 5.73 Å². The van der Waals surface area contributed by atoms with Crippen molar-refractivity contribution in [1.29, 1.82) is 0 Å². The highest BCUT2D eigenvalue weighted by molar-refractivity contribution is 9.10. The van der Waals surface area contributed by atoms with Gasteiger partial charge in [0, 0.05) is 15.7 Å². The van der Waals surface area contributed by atoms with E-state index in [0.29, 0.717) is 11.3 Å². The molecule has 2 aromatic carbocycles. The predicted octanol–water partition coefficient (Wildman–Crippen LogP) is 4.53. The molecular weight excluding hydrogens is 339 g/mol. The minimum absolute atomic E-state index is 0.188. The molecule has 2 aromatic rings. The Morgan fingerprint density at radius 1 is 1.25 bits per heavy atom. The zero-order valence-electron chi connectivity index (χ0n) is 10.9. The Kier molecular flexibility index (Phi) is 4.73. The van der Waals surface area contributed by atoms with E-state index in [1.165, 1.54) is 6.07 Å². The van der Waals surface area contributed by atoms with Crippen molar-refractivity contribution in [1.82, 2.24) is 0 Å². The number of nitrogens with two attached hydrogens (primary N) is 1. The van der Waals surface area contributed by atoms with Crippen LogP contribution in [0.5, 0.6) is 0 Å². The van der Waals surface area contributed by atoms with Gasteiger partial charge in [-0.05, 0) is 48.4 Å². The van der Waals surface area contributed by atoms with Crippen LogP contribution in [-0.4, -0.2) is 4.99 Å². The van der Waals surface area contributed by atoms with E-state index < -0.39 is 0 Å². The lowest BCUT2D eigenvalue weighted by Crippen LogP contribution is -2.10. The summed E-state index contributed by atoms with van der Waals surface area (Å²) in [4.78, 5) is 0.188. The fourth-order valence-corrected chi connectivity index (χ4v) is 2.43. The molecule has 2 rings (SSSR count).